The Bertz CT molecular complexity index is 886. The van der Waals surface area contributed by atoms with Crippen LogP contribution in [0.15, 0.2) is 17.1 Å². The number of nitrogens with zero attached hydrogens (tertiary/aromatic N) is 1. The highest BCUT2D eigenvalue weighted by Gasteiger charge is 2.28. The Hall–Kier alpha value is -0.880. The normalized spacial score (nSPS) is 14.3. The first kappa shape index (κ1) is 35.1. The van der Waals surface area contributed by atoms with Gasteiger partial charge in [-0.3, -0.25) is 13.8 Å². The molecule has 1 rings (SSSR count). The second kappa shape index (κ2) is 20.9. The molecule has 222 valence electrons. The van der Waals surface area contributed by atoms with Gasteiger partial charge in [-0.25, -0.2) is 17.7 Å². The number of unbranched alkanes of at least 4 members (excludes halogenated alkanes) is 13. The van der Waals surface area contributed by atoms with E-state index < -0.39 is 36.4 Å². The largest absolute Gasteiger partial charge is 0.472 e. The van der Waals surface area contributed by atoms with E-state index >= 15 is 0 Å². The summed E-state index contributed by atoms with van der Waals surface area (Å²) < 4.78 is 49.2. The zero-order valence-electron chi connectivity index (χ0n) is 23.1. The lowest BCUT2D eigenvalue weighted by Gasteiger charge is -2.19. The number of phosphoric ester groups is 1. The zero-order valence-corrected chi connectivity index (χ0v) is 25.7. The summed E-state index contributed by atoms with van der Waals surface area (Å²) in [5, 5.41) is 4.54. The molecule has 2 atom stereocenters. The molecule has 0 saturated carbocycles. The van der Waals surface area contributed by atoms with Crippen molar-refractivity contribution in [1.82, 2.24) is 10.0 Å². The van der Waals surface area contributed by atoms with Gasteiger partial charge in [0.1, 0.15) is 12.6 Å². The number of hydrogen-bond acceptors (Lipinski definition) is 7. The maximum absolute atomic E-state index is 12.5. The molecule has 10 nitrogen and oxygen atoms in total. The minimum Gasteiger partial charge on any atom is -0.355 e. The van der Waals surface area contributed by atoms with Crippen LogP contribution in [0.4, 0.5) is 0 Å². The van der Waals surface area contributed by atoms with Gasteiger partial charge < -0.3 is 10.2 Å². The molecule has 0 aromatic carbocycles. The second-order valence-electron chi connectivity index (χ2n) is 9.69. The van der Waals surface area contributed by atoms with E-state index in [0.717, 1.165) is 25.5 Å². The first-order valence-electron chi connectivity index (χ1n) is 13.9. The fraction of sp³-hybridized carbons (Fsp3) is 0.840. The fourth-order valence-electron chi connectivity index (χ4n) is 3.93. The molecular formula is C25H49N3O7PS2+. The van der Waals surface area contributed by atoms with Crippen LogP contribution >= 0.6 is 19.2 Å². The lowest BCUT2D eigenvalue weighted by atomic mass is 10.0. The van der Waals surface area contributed by atoms with Crippen molar-refractivity contribution >= 4 is 35.1 Å². The number of carbonyl (C=O) groups is 1. The number of nitrogens with one attached hydrogen (secondary N) is 2. The van der Waals surface area contributed by atoms with Crippen molar-refractivity contribution in [2.24, 2.45) is 0 Å². The third kappa shape index (κ3) is 20.1. The van der Waals surface area contributed by atoms with Gasteiger partial charge >= 0.3 is 7.82 Å². The van der Waals surface area contributed by atoms with E-state index in [0.29, 0.717) is 13.1 Å². The summed E-state index contributed by atoms with van der Waals surface area (Å²) >= 11 is 1.47. The van der Waals surface area contributed by atoms with E-state index in [2.05, 4.69) is 17.0 Å². The highest BCUT2D eigenvalue weighted by atomic mass is 32.2. The van der Waals surface area contributed by atoms with Gasteiger partial charge in [0.2, 0.25) is 21.4 Å². The lowest BCUT2D eigenvalue weighted by molar-refractivity contribution is -0.693. The zero-order chi connectivity index (χ0) is 28.1. The monoisotopic (exact) mass is 598 g/mol. The van der Waals surface area contributed by atoms with Crippen LogP contribution in [0, 0.1) is 0 Å². The molecule has 1 aromatic rings. The minimum atomic E-state index is -4.46. The van der Waals surface area contributed by atoms with Crippen LogP contribution < -0.4 is 14.6 Å². The van der Waals surface area contributed by atoms with E-state index in [-0.39, 0.29) is 6.61 Å². The molecule has 0 aliphatic heterocycles. The predicted molar refractivity (Wildman–Crippen MR) is 151 cm³/mol. The van der Waals surface area contributed by atoms with Crippen molar-refractivity contribution in [1.29, 1.82) is 0 Å². The Labute approximate surface area is 233 Å². The second-order valence-corrected chi connectivity index (χ2v) is 13.7. The molecular weight excluding hydrogens is 549 g/mol. The van der Waals surface area contributed by atoms with Crippen LogP contribution in [-0.4, -0.2) is 51.3 Å². The van der Waals surface area contributed by atoms with Crippen molar-refractivity contribution in [3.05, 3.63) is 17.1 Å². The number of aromatic nitrogens is 1. The Morgan fingerprint density at radius 3 is 2.03 bits per heavy atom. The van der Waals surface area contributed by atoms with Crippen LogP contribution in [0.5, 0.6) is 0 Å². The standard InChI is InChI=1S/C25H48N3O7PS2/c1-3-4-5-6-7-8-9-10-11-12-13-14-15-16-17-26-25(29)24(27-38(2,32)33)22-35-36(30,31)34-20-18-28-19-21-37-23-28/h19,21,23-24,27H,3-18,20,22H2,1-2H3,(H-,26,29,30,31)/p+1. The van der Waals surface area contributed by atoms with Gasteiger partial charge in [0.15, 0.2) is 12.7 Å². The lowest BCUT2D eigenvalue weighted by Crippen LogP contribution is -2.49. The molecule has 0 aliphatic carbocycles. The van der Waals surface area contributed by atoms with Gasteiger partial charge in [-0.05, 0) is 6.42 Å². The average molecular weight is 599 g/mol. The number of amides is 1. The molecule has 1 heterocycles. The number of phosphoric acid groups is 1. The van der Waals surface area contributed by atoms with E-state index in [9.17, 15) is 22.7 Å². The highest BCUT2D eigenvalue weighted by molar-refractivity contribution is 7.88. The third-order valence-corrected chi connectivity index (χ3v) is 8.41. The Kier molecular flexibility index (Phi) is 19.4. The van der Waals surface area contributed by atoms with Gasteiger partial charge in [-0.2, -0.15) is 4.57 Å². The topological polar surface area (TPSA) is 135 Å². The fourth-order valence-corrected chi connectivity index (χ4v) is 5.98. The quantitative estimate of drug-likeness (QED) is 0.0845. The summed E-state index contributed by atoms with van der Waals surface area (Å²) in [6, 6.07) is -1.34. The van der Waals surface area contributed by atoms with E-state index in [1.807, 2.05) is 10.9 Å². The van der Waals surface area contributed by atoms with Gasteiger partial charge in [0.25, 0.3) is 0 Å². The summed E-state index contributed by atoms with van der Waals surface area (Å²) in [5.74, 6) is -0.612. The highest BCUT2D eigenvalue weighted by Crippen LogP contribution is 2.43. The van der Waals surface area contributed by atoms with Gasteiger partial charge in [-0.1, -0.05) is 102 Å². The molecule has 1 aromatic heterocycles. The molecule has 1 amide bonds. The Morgan fingerprint density at radius 2 is 1.53 bits per heavy atom. The van der Waals surface area contributed by atoms with Gasteiger partial charge in [0.05, 0.1) is 18.2 Å². The van der Waals surface area contributed by atoms with E-state index in [4.69, 9.17) is 9.05 Å². The first-order valence-corrected chi connectivity index (χ1v) is 18.2. The average Bonchev–Trinajstić information content (AvgIpc) is 3.37. The number of thiazole rings is 1. The summed E-state index contributed by atoms with van der Waals surface area (Å²) in [4.78, 5) is 22.4. The number of rotatable bonds is 25. The first-order chi connectivity index (χ1) is 18.1. The minimum absolute atomic E-state index is 0.0787. The molecule has 2 unspecified atom stereocenters. The number of hydrogen-bond donors (Lipinski definition) is 3. The molecule has 0 saturated heterocycles. The molecule has 0 radical (unpaired) electrons. The number of sulfonamides is 1. The van der Waals surface area contributed by atoms with Gasteiger partial charge in [0, 0.05) is 6.54 Å². The van der Waals surface area contributed by atoms with Crippen molar-refractivity contribution < 1.29 is 36.3 Å². The van der Waals surface area contributed by atoms with Crippen molar-refractivity contribution in [3.63, 3.8) is 0 Å². The van der Waals surface area contributed by atoms with Gasteiger partial charge in [-0.15, -0.1) is 0 Å². The molecule has 0 bridgehead atoms. The Morgan fingerprint density at radius 1 is 0.974 bits per heavy atom. The molecule has 0 spiro atoms. The molecule has 3 N–H and O–H groups in total. The van der Waals surface area contributed by atoms with E-state index in [1.165, 1.54) is 82.0 Å². The molecule has 0 fully saturated rings. The summed E-state index contributed by atoms with van der Waals surface area (Å²) in [5.41, 5.74) is 1.82. The van der Waals surface area contributed by atoms with Crippen LogP contribution in [0.2, 0.25) is 0 Å². The summed E-state index contributed by atoms with van der Waals surface area (Å²) in [7, 11) is -8.21. The van der Waals surface area contributed by atoms with Crippen molar-refractivity contribution in [2.45, 2.75) is 109 Å². The maximum atomic E-state index is 12.5. The Balaban J connectivity index is 2.18. The van der Waals surface area contributed by atoms with Crippen LogP contribution in [-0.2, 0) is 35.0 Å². The van der Waals surface area contributed by atoms with Crippen molar-refractivity contribution in [3.8, 4) is 0 Å². The SMILES string of the molecule is CCCCCCCCCCCCCCCCNC(=O)C(COP(=O)(O)OCC[n+]1ccsc1)NS(C)(=O)=O. The summed E-state index contributed by atoms with van der Waals surface area (Å²) in [6.45, 7) is 2.28. The van der Waals surface area contributed by atoms with E-state index in [1.54, 1.807) is 10.8 Å². The molecule has 38 heavy (non-hydrogen) atoms. The van der Waals surface area contributed by atoms with Crippen LogP contribution in [0.3, 0.4) is 0 Å². The summed E-state index contributed by atoms with van der Waals surface area (Å²) in [6.07, 6.45) is 20.0. The maximum Gasteiger partial charge on any atom is 0.472 e. The van der Waals surface area contributed by atoms with Crippen LogP contribution in [0.1, 0.15) is 96.8 Å². The number of carbonyl (C=O) groups excluding carboxylic acids is 1. The molecule has 13 heteroatoms. The van der Waals surface area contributed by atoms with Crippen LogP contribution in [0.25, 0.3) is 0 Å². The smallest absolute Gasteiger partial charge is 0.355 e. The predicted octanol–water partition coefficient (Wildman–Crippen LogP) is 4.68. The third-order valence-electron chi connectivity index (χ3n) is 6.04. The molecule has 0 aliphatic rings. The van der Waals surface area contributed by atoms with Crippen molar-refractivity contribution in [2.75, 3.05) is 26.0 Å².